The van der Waals surface area contributed by atoms with E-state index in [1.807, 2.05) is 35.2 Å². The lowest BCUT2D eigenvalue weighted by Gasteiger charge is -2.33. The van der Waals surface area contributed by atoms with Gasteiger partial charge in [0, 0.05) is 49.8 Å². The van der Waals surface area contributed by atoms with E-state index in [0.29, 0.717) is 0 Å². The van der Waals surface area contributed by atoms with Crippen molar-refractivity contribution in [3.8, 4) is 11.5 Å². The quantitative estimate of drug-likeness (QED) is 0.552. The molecule has 0 saturated carbocycles. The van der Waals surface area contributed by atoms with Crippen molar-refractivity contribution in [3.05, 3.63) is 58.6 Å². The molecule has 0 aliphatic carbocycles. The highest BCUT2D eigenvalue weighted by atomic mass is 32.1. The Bertz CT molecular complexity index is 1130. The maximum Gasteiger partial charge on any atom is 0.246 e. The van der Waals surface area contributed by atoms with Crippen LogP contribution in [0.3, 0.4) is 0 Å². The predicted octanol–water partition coefficient (Wildman–Crippen LogP) is 3.99. The molecule has 166 valence electrons. The molecule has 0 N–H and O–H groups in total. The monoisotopic (exact) mass is 449 g/mol. The number of carbonyl (C=O) groups is 1. The molecule has 1 saturated heterocycles. The minimum atomic E-state index is 0.0291. The smallest absolute Gasteiger partial charge is 0.246 e. The van der Waals surface area contributed by atoms with Crippen LogP contribution in [0.4, 0.5) is 0 Å². The van der Waals surface area contributed by atoms with E-state index >= 15 is 0 Å². The van der Waals surface area contributed by atoms with Gasteiger partial charge in [0.2, 0.25) is 5.91 Å². The van der Waals surface area contributed by atoms with Gasteiger partial charge in [0.05, 0.1) is 23.9 Å². The van der Waals surface area contributed by atoms with Crippen LogP contribution in [-0.4, -0.2) is 60.1 Å². The molecule has 0 radical (unpaired) electrons. The van der Waals surface area contributed by atoms with E-state index in [1.54, 1.807) is 24.5 Å². The maximum absolute atomic E-state index is 12.8. The summed E-state index contributed by atoms with van der Waals surface area (Å²) in [4.78, 5) is 21.8. The zero-order valence-corrected chi connectivity index (χ0v) is 19.2. The van der Waals surface area contributed by atoms with Gasteiger partial charge < -0.3 is 14.4 Å². The van der Waals surface area contributed by atoms with Crippen LogP contribution < -0.4 is 9.47 Å². The van der Waals surface area contributed by atoms with E-state index in [0.717, 1.165) is 72.3 Å². The molecule has 32 heavy (non-hydrogen) atoms. The van der Waals surface area contributed by atoms with E-state index in [4.69, 9.17) is 14.5 Å². The minimum absolute atomic E-state index is 0.0291. The molecule has 1 aromatic heterocycles. The SMILES string of the molecule is COc1cc2c(cc1C=CC(=O)N1CCN(Cc3nc4ccccc4s3)CC1)OC(C)C2. The van der Waals surface area contributed by atoms with E-state index in [2.05, 4.69) is 24.0 Å². The molecule has 2 aliphatic rings. The number of thiazole rings is 1. The van der Waals surface area contributed by atoms with E-state index in [9.17, 15) is 4.79 Å². The molecule has 1 amide bonds. The van der Waals surface area contributed by atoms with Crippen LogP contribution in [0.1, 0.15) is 23.1 Å². The van der Waals surface area contributed by atoms with Crippen molar-refractivity contribution in [2.24, 2.45) is 0 Å². The number of amides is 1. The summed E-state index contributed by atoms with van der Waals surface area (Å²) in [6, 6.07) is 12.2. The first kappa shape index (κ1) is 21.0. The highest BCUT2D eigenvalue weighted by molar-refractivity contribution is 7.18. The first-order valence-corrected chi connectivity index (χ1v) is 11.8. The molecule has 0 bridgehead atoms. The van der Waals surface area contributed by atoms with Crippen LogP contribution in [0.2, 0.25) is 0 Å². The van der Waals surface area contributed by atoms with Gasteiger partial charge in [-0.05, 0) is 37.3 Å². The van der Waals surface area contributed by atoms with Gasteiger partial charge in [0.1, 0.15) is 22.6 Å². The Balaban J connectivity index is 1.19. The van der Waals surface area contributed by atoms with Crippen molar-refractivity contribution < 1.29 is 14.3 Å². The largest absolute Gasteiger partial charge is 0.496 e. The van der Waals surface area contributed by atoms with Gasteiger partial charge in [-0.1, -0.05) is 12.1 Å². The number of aromatic nitrogens is 1. The molecule has 3 heterocycles. The fourth-order valence-corrected chi connectivity index (χ4v) is 5.34. The van der Waals surface area contributed by atoms with Crippen molar-refractivity contribution in [3.63, 3.8) is 0 Å². The topological polar surface area (TPSA) is 54.9 Å². The standard InChI is InChI=1S/C25H27N3O3S/c1-17-13-19-15-21(30-2)18(14-22(19)31-17)7-8-25(29)28-11-9-27(10-12-28)16-24-26-20-5-3-4-6-23(20)32-24/h3-8,14-15,17H,9-13,16H2,1-2H3. The van der Waals surface area contributed by atoms with Crippen molar-refractivity contribution >= 4 is 33.5 Å². The summed E-state index contributed by atoms with van der Waals surface area (Å²) in [5, 5.41) is 1.13. The van der Waals surface area contributed by atoms with Crippen LogP contribution in [0.25, 0.3) is 16.3 Å². The molecule has 7 heteroatoms. The Hall–Kier alpha value is -2.90. The van der Waals surface area contributed by atoms with Crippen LogP contribution in [0, 0.1) is 0 Å². The third-order valence-electron chi connectivity index (χ3n) is 6.03. The molecular weight excluding hydrogens is 422 g/mol. The Morgan fingerprint density at radius 3 is 2.84 bits per heavy atom. The number of hydrogen-bond acceptors (Lipinski definition) is 6. The van der Waals surface area contributed by atoms with Crippen LogP contribution in [0.5, 0.6) is 11.5 Å². The third-order valence-corrected chi connectivity index (χ3v) is 7.06. The first-order valence-electron chi connectivity index (χ1n) is 11.0. The van der Waals surface area contributed by atoms with Crippen molar-refractivity contribution in [2.75, 3.05) is 33.3 Å². The van der Waals surface area contributed by atoms with E-state index in [-0.39, 0.29) is 12.0 Å². The normalized spacial score (nSPS) is 18.8. The Morgan fingerprint density at radius 2 is 2.06 bits per heavy atom. The van der Waals surface area contributed by atoms with E-state index < -0.39 is 0 Å². The van der Waals surface area contributed by atoms with Gasteiger partial charge in [-0.3, -0.25) is 9.69 Å². The number of fused-ring (bicyclic) bond motifs is 2. The Morgan fingerprint density at radius 1 is 1.25 bits per heavy atom. The van der Waals surface area contributed by atoms with Crippen molar-refractivity contribution in [1.82, 2.24) is 14.8 Å². The lowest BCUT2D eigenvalue weighted by atomic mass is 10.1. The van der Waals surface area contributed by atoms with Gasteiger partial charge in [0.25, 0.3) is 0 Å². The molecule has 3 aromatic rings. The zero-order valence-electron chi connectivity index (χ0n) is 18.4. The summed E-state index contributed by atoms with van der Waals surface area (Å²) in [5.41, 5.74) is 3.08. The second kappa shape index (κ2) is 8.92. The summed E-state index contributed by atoms with van der Waals surface area (Å²) in [5.74, 6) is 1.68. The van der Waals surface area contributed by atoms with Crippen LogP contribution in [-0.2, 0) is 17.8 Å². The van der Waals surface area contributed by atoms with Gasteiger partial charge in [0.15, 0.2) is 0 Å². The average Bonchev–Trinajstić information content (AvgIpc) is 3.38. The van der Waals surface area contributed by atoms with Crippen molar-refractivity contribution in [1.29, 1.82) is 0 Å². The third kappa shape index (κ3) is 4.36. The Kier molecular flexibility index (Phi) is 5.85. The van der Waals surface area contributed by atoms with Gasteiger partial charge >= 0.3 is 0 Å². The fraction of sp³-hybridized carbons (Fsp3) is 0.360. The lowest BCUT2D eigenvalue weighted by Crippen LogP contribution is -2.47. The highest BCUT2D eigenvalue weighted by Crippen LogP contribution is 2.35. The number of ether oxygens (including phenoxy) is 2. The molecule has 2 aliphatic heterocycles. The Labute approximate surface area is 192 Å². The second-order valence-electron chi connectivity index (χ2n) is 8.34. The number of methoxy groups -OCH3 is 1. The molecule has 6 nitrogen and oxygen atoms in total. The molecule has 1 fully saturated rings. The maximum atomic E-state index is 12.8. The second-order valence-corrected chi connectivity index (χ2v) is 9.46. The zero-order chi connectivity index (χ0) is 22.1. The summed E-state index contributed by atoms with van der Waals surface area (Å²) >= 11 is 1.75. The average molecular weight is 450 g/mol. The van der Waals surface area contributed by atoms with E-state index in [1.165, 1.54) is 4.70 Å². The summed E-state index contributed by atoms with van der Waals surface area (Å²) in [7, 11) is 1.66. The number of piperazine rings is 1. The summed E-state index contributed by atoms with van der Waals surface area (Å²) < 4.78 is 12.6. The van der Waals surface area contributed by atoms with Crippen molar-refractivity contribution in [2.45, 2.75) is 26.0 Å². The number of carbonyl (C=O) groups excluding carboxylic acids is 1. The number of rotatable bonds is 5. The molecule has 1 atom stereocenters. The number of nitrogens with zero attached hydrogens (tertiary/aromatic N) is 3. The molecular formula is C25H27N3O3S. The fourth-order valence-electron chi connectivity index (χ4n) is 4.33. The highest BCUT2D eigenvalue weighted by Gasteiger charge is 2.23. The van der Waals surface area contributed by atoms with Gasteiger partial charge in [-0.25, -0.2) is 4.98 Å². The molecule has 1 unspecified atom stereocenters. The molecule has 0 spiro atoms. The minimum Gasteiger partial charge on any atom is -0.496 e. The van der Waals surface area contributed by atoms with Gasteiger partial charge in [-0.15, -0.1) is 11.3 Å². The van der Waals surface area contributed by atoms with Crippen LogP contribution in [0.15, 0.2) is 42.5 Å². The summed E-state index contributed by atoms with van der Waals surface area (Å²) in [6.45, 7) is 6.03. The lowest BCUT2D eigenvalue weighted by molar-refractivity contribution is -0.127. The van der Waals surface area contributed by atoms with Gasteiger partial charge in [-0.2, -0.15) is 0 Å². The number of hydrogen-bond donors (Lipinski definition) is 0. The molecule has 2 aromatic carbocycles. The first-order chi connectivity index (χ1) is 15.6. The predicted molar refractivity (Wildman–Crippen MR) is 127 cm³/mol. The number of benzene rings is 2. The molecule has 5 rings (SSSR count). The van der Waals surface area contributed by atoms with Crippen LogP contribution >= 0.6 is 11.3 Å². The number of para-hydroxylation sites is 1. The summed E-state index contributed by atoms with van der Waals surface area (Å²) in [6.07, 6.45) is 4.54.